The van der Waals surface area contributed by atoms with Gasteiger partial charge in [0.1, 0.15) is 12.0 Å². The number of rotatable bonds is 3. The van der Waals surface area contributed by atoms with E-state index in [4.69, 9.17) is 0 Å². The van der Waals surface area contributed by atoms with E-state index in [1.807, 2.05) is 13.0 Å². The fraction of sp³-hybridized carbons (Fsp3) is 0.0714. The second-order valence-electron chi connectivity index (χ2n) is 3.86. The number of aryl methyl sites for hydroxylation is 1. The molecule has 18 heavy (non-hydrogen) atoms. The third kappa shape index (κ3) is 2.79. The zero-order valence-corrected chi connectivity index (χ0v) is 9.88. The van der Waals surface area contributed by atoms with Crippen LogP contribution in [0, 0.1) is 6.92 Å². The summed E-state index contributed by atoms with van der Waals surface area (Å²) in [6.07, 6.45) is 0.758. The maximum atomic E-state index is 11.9. The Morgan fingerprint density at radius 2 is 1.89 bits per heavy atom. The molecule has 0 fully saturated rings. The Morgan fingerprint density at radius 1 is 1.17 bits per heavy atom. The van der Waals surface area contributed by atoms with Gasteiger partial charge in [0, 0.05) is 16.9 Å². The fourth-order valence-electron chi connectivity index (χ4n) is 1.51. The van der Waals surface area contributed by atoms with Crippen LogP contribution >= 0.6 is 0 Å². The molecule has 0 atom stereocenters. The number of nitrogens with zero attached hydrogens (tertiary/aromatic N) is 1. The van der Waals surface area contributed by atoms with Gasteiger partial charge in [-0.05, 0) is 43.3 Å². The van der Waals surface area contributed by atoms with Crippen LogP contribution in [0.2, 0.25) is 0 Å². The van der Waals surface area contributed by atoms with Gasteiger partial charge in [0.05, 0.1) is 0 Å². The summed E-state index contributed by atoms with van der Waals surface area (Å²) in [7, 11) is 0. The number of aromatic nitrogens is 1. The molecule has 2 rings (SSSR count). The van der Waals surface area contributed by atoms with Gasteiger partial charge in [0.25, 0.3) is 5.91 Å². The number of anilines is 1. The molecule has 90 valence electrons. The number of carbonyl (C=O) groups excluding carboxylic acids is 2. The van der Waals surface area contributed by atoms with Crippen molar-refractivity contribution in [2.75, 3.05) is 5.32 Å². The highest BCUT2D eigenvalue weighted by Gasteiger charge is 2.07. The van der Waals surface area contributed by atoms with Crippen molar-refractivity contribution in [3.63, 3.8) is 0 Å². The molecule has 1 aromatic heterocycles. The number of pyridine rings is 1. The van der Waals surface area contributed by atoms with E-state index in [2.05, 4.69) is 10.3 Å². The van der Waals surface area contributed by atoms with Gasteiger partial charge in [-0.15, -0.1) is 0 Å². The first-order valence-corrected chi connectivity index (χ1v) is 5.49. The molecule has 0 saturated carbocycles. The van der Waals surface area contributed by atoms with Gasteiger partial charge in [-0.1, -0.05) is 6.07 Å². The highest BCUT2D eigenvalue weighted by Crippen LogP contribution is 2.10. The molecular formula is C14H12N2O2. The van der Waals surface area contributed by atoms with Gasteiger partial charge in [-0.2, -0.15) is 0 Å². The summed E-state index contributed by atoms with van der Waals surface area (Å²) in [5, 5.41) is 2.72. The van der Waals surface area contributed by atoms with Crippen LogP contribution in [0.25, 0.3) is 0 Å². The normalized spacial score (nSPS) is 9.83. The quantitative estimate of drug-likeness (QED) is 0.838. The molecule has 0 aliphatic rings. The van der Waals surface area contributed by atoms with E-state index in [0.717, 1.165) is 12.0 Å². The smallest absolute Gasteiger partial charge is 0.274 e. The molecule has 0 aliphatic heterocycles. The average Bonchev–Trinajstić information content (AvgIpc) is 2.39. The molecule has 1 amide bonds. The molecule has 0 unspecified atom stereocenters. The number of benzene rings is 1. The number of aldehydes is 1. The Balaban J connectivity index is 2.13. The summed E-state index contributed by atoms with van der Waals surface area (Å²) in [4.78, 5) is 26.5. The number of hydrogen-bond donors (Lipinski definition) is 1. The lowest BCUT2D eigenvalue weighted by atomic mass is 10.2. The molecule has 0 aliphatic carbocycles. The summed E-state index contributed by atoms with van der Waals surface area (Å²) in [5.74, 6) is -0.266. The highest BCUT2D eigenvalue weighted by atomic mass is 16.1. The second kappa shape index (κ2) is 5.23. The Hall–Kier alpha value is -2.49. The number of amides is 1. The van der Waals surface area contributed by atoms with Crippen molar-refractivity contribution < 1.29 is 9.59 Å². The van der Waals surface area contributed by atoms with Crippen molar-refractivity contribution in [3.8, 4) is 0 Å². The first-order chi connectivity index (χ1) is 8.69. The fourth-order valence-corrected chi connectivity index (χ4v) is 1.51. The summed E-state index contributed by atoms with van der Waals surface area (Å²) in [5.41, 5.74) is 2.36. The first-order valence-electron chi connectivity index (χ1n) is 5.49. The van der Waals surface area contributed by atoms with Gasteiger partial charge in [0.2, 0.25) is 0 Å². The molecule has 0 spiro atoms. The lowest BCUT2D eigenvalue weighted by Gasteiger charge is -2.05. The van der Waals surface area contributed by atoms with Gasteiger partial charge in [-0.3, -0.25) is 9.59 Å². The van der Waals surface area contributed by atoms with Crippen molar-refractivity contribution >= 4 is 17.9 Å². The van der Waals surface area contributed by atoms with E-state index < -0.39 is 0 Å². The van der Waals surface area contributed by atoms with E-state index in [9.17, 15) is 9.59 Å². The Morgan fingerprint density at radius 3 is 2.50 bits per heavy atom. The molecule has 4 heteroatoms. The summed E-state index contributed by atoms with van der Waals surface area (Å²) in [6, 6.07) is 11.9. The zero-order chi connectivity index (χ0) is 13.0. The number of hydrogen-bond acceptors (Lipinski definition) is 3. The highest BCUT2D eigenvalue weighted by molar-refractivity contribution is 6.02. The lowest BCUT2D eigenvalue weighted by Crippen LogP contribution is -2.13. The van der Waals surface area contributed by atoms with Crippen molar-refractivity contribution in [3.05, 3.63) is 59.4 Å². The minimum Gasteiger partial charge on any atom is -0.321 e. The number of nitrogens with one attached hydrogen (secondary N) is 1. The van der Waals surface area contributed by atoms with Crippen molar-refractivity contribution in [1.29, 1.82) is 0 Å². The van der Waals surface area contributed by atoms with Crippen molar-refractivity contribution in [1.82, 2.24) is 4.98 Å². The second-order valence-corrected chi connectivity index (χ2v) is 3.86. The van der Waals surface area contributed by atoms with Crippen LogP contribution in [0.15, 0.2) is 42.5 Å². The molecule has 4 nitrogen and oxygen atoms in total. The molecular weight excluding hydrogens is 228 g/mol. The van der Waals surface area contributed by atoms with Crippen LogP contribution in [0.4, 0.5) is 5.69 Å². The molecule has 1 heterocycles. The number of carbonyl (C=O) groups is 2. The topological polar surface area (TPSA) is 59.1 Å². The van der Waals surface area contributed by atoms with E-state index in [1.54, 1.807) is 36.4 Å². The molecule has 0 saturated heterocycles. The Kier molecular flexibility index (Phi) is 3.48. The maximum Gasteiger partial charge on any atom is 0.274 e. The maximum absolute atomic E-state index is 11.9. The Labute approximate surface area is 105 Å². The largest absolute Gasteiger partial charge is 0.321 e. The van der Waals surface area contributed by atoms with Crippen LogP contribution in [0.5, 0.6) is 0 Å². The van der Waals surface area contributed by atoms with Gasteiger partial charge < -0.3 is 5.32 Å². The standard InChI is InChI=1S/C14H12N2O2/c1-10-3-2-4-13(15-10)14(18)16-12-7-5-11(9-17)6-8-12/h2-9H,1H3,(H,16,18). The first kappa shape index (κ1) is 12.0. The van der Waals surface area contributed by atoms with Crippen molar-refractivity contribution in [2.24, 2.45) is 0 Å². The van der Waals surface area contributed by atoms with Crippen LogP contribution in [-0.2, 0) is 0 Å². The third-order valence-corrected chi connectivity index (χ3v) is 2.43. The predicted octanol–water partition coefficient (Wildman–Crippen LogP) is 2.45. The molecule has 2 aromatic rings. The monoisotopic (exact) mass is 240 g/mol. The summed E-state index contributed by atoms with van der Waals surface area (Å²) in [6.45, 7) is 1.83. The van der Waals surface area contributed by atoms with Gasteiger partial charge in [0.15, 0.2) is 0 Å². The molecule has 1 N–H and O–H groups in total. The van der Waals surface area contributed by atoms with Crippen LogP contribution in [0.1, 0.15) is 26.5 Å². The van der Waals surface area contributed by atoms with E-state index in [1.165, 1.54) is 0 Å². The Bertz CT molecular complexity index is 577. The zero-order valence-electron chi connectivity index (χ0n) is 9.88. The SMILES string of the molecule is Cc1cccc(C(=O)Nc2ccc(C=O)cc2)n1. The van der Waals surface area contributed by atoms with Crippen LogP contribution < -0.4 is 5.32 Å². The summed E-state index contributed by atoms with van der Waals surface area (Å²) >= 11 is 0. The van der Waals surface area contributed by atoms with E-state index in [0.29, 0.717) is 16.9 Å². The van der Waals surface area contributed by atoms with Gasteiger partial charge >= 0.3 is 0 Å². The molecule has 0 bridgehead atoms. The van der Waals surface area contributed by atoms with E-state index >= 15 is 0 Å². The molecule has 1 aromatic carbocycles. The average molecular weight is 240 g/mol. The van der Waals surface area contributed by atoms with Crippen molar-refractivity contribution in [2.45, 2.75) is 6.92 Å². The molecule has 0 radical (unpaired) electrons. The van der Waals surface area contributed by atoms with E-state index in [-0.39, 0.29) is 5.91 Å². The lowest BCUT2D eigenvalue weighted by molar-refractivity contribution is 0.102. The van der Waals surface area contributed by atoms with Crippen LogP contribution in [0.3, 0.4) is 0 Å². The predicted molar refractivity (Wildman–Crippen MR) is 68.8 cm³/mol. The minimum atomic E-state index is -0.266. The van der Waals surface area contributed by atoms with Gasteiger partial charge in [-0.25, -0.2) is 4.98 Å². The minimum absolute atomic E-state index is 0.266. The van der Waals surface area contributed by atoms with Crippen LogP contribution in [-0.4, -0.2) is 17.2 Å². The summed E-state index contributed by atoms with van der Waals surface area (Å²) < 4.78 is 0. The third-order valence-electron chi connectivity index (χ3n) is 2.43.